The molecule has 0 saturated carbocycles. The van der Waals surface area contributed by atoms with Crippen LogP contribution in [-0.4, -0.2) is 11.8 Å². The molecule has 1 aromatic heterocycles. The summed E-state index contributed by atoms with van der Waals surface area (Å²) in [5, 5.41) is 15.1. The van der Waals surface area contributed by atoms with Crippen molar-refractivity contribution in [1.29, 1.82) is 5.26 Å². The zero-order chi connectivity index (χ0) is 17.8. The number of thiophene rings is 1. The summed E-state index contributed by atoms with van der Waals surface area (Å²) in [6.07, 6.45) is 2.82. The number of amides is 2. The highest BCUT2D eigenvalue weighted by atomic mass is 32.1. The molecule has 6 heteroatoms. The van der Waals surface area contributed by atoms with Gasteiger partial charge in [-0.05, 0) is 36.3 Å². The van der Waals surface area contributed by atoms with Crippen molar-refractivity contribution in [3.8, 4) is 6.07 Å². The molecule has 128 valence electrons. The third kappa shape index (κ3) is 3.89. The Morgan fingerprint density at radius 2 is 2.04 bits per heavy atom. The van der Waals surface area contributed by atoms with Crippen LogP contribution in [0.15, 0.2) is 30.3 Å². The molecule has 2 N–H and O–H groups in total. The molecule has 2 amide bonds. The van der Waals surface area contributed by atoms with Crippen molar-refractivity contribution in [1.82, 2.24) is 5.32 Å². The van der Waals surface area contributed by atoms with E-state index in [2.05, 4.69) is 23.6 Å². The molecule has 1 aromatic carbocycles. The van der Waals surface area contributed by atoms with Crippen LogP contribution in [0.25, 0.3) is 0 Å². The van der Waals surface area contributed by atoms with Crippen LogP contribution in [0.4, 0.5) is 5.00 Å². The average Bonchev–Trinajstić information content (AvgIpc) is 2.96. The Balaban J connectivity index is 1.66. The van der Waals surface area contributed by atoms with Gasteiger partial charge in [0.25, 0.3) is 0 Å². The van der Waals surface area contributed by atoms with Crippen LogP contribution in [0.2, 0.25) is 0 Å². The molecule has 1 unspecified atom stereocenters. The zero-order valence-electron chi connectivity index (χ0n) is 14.0. The lowest BCUT2D eigenvalue weighted by Crippen LogP contribution is -2.34. The number of carbonyl (C=O) groups excluding carboxylic acids is 2. The first-order valence-electron chi connectivity index (χ1n) is 8.26. The number of hydrogen-bond acceptors (Lipinski definition) is 4. The Hall–Kier alpha value is -2.65. The van der Waals surface area contributed by atoms with E-state index in [-0.39, 0.29) is 6.54 Å². The Morgan fingerprint density at radius 1 is 1.28 bits per heavy atom. The summed E-state index contributed by atoms with van der Waals surface area (Å²) in [5.74, 6) is -0.859. The fourth-order valence-electron chi connectivity index (χ4n) is 2.98. The summed E-state index contributed by atoms with van der Waals surface area (Å²) in [6.45, 7) is 2.47. The molecule has 0 aliphatic heterocycles. The fourth-order valence-corrected chi connectivity index (χ4v) is 4.33. The van der Waals surface area contributed by atoms with E-state index < -0.39 is 11.8 Å². The van der Waals surface area contributed by atoms with Crippen molar-refractivity contribution in [3.63, 3.8) is 0 Å². The van der Waals surface area contributed by atoms with Gasteiger partial charge in [-0.25, -0.2) is 0 Å². The molecule has 2 aromatic rings. The first-order chi connectivity index (χ1) is 12.1. The molecule has 0 fully saturated rings. The van der Waals surface area contributed by atoms with Crippen molar-refractivity contribution in [2.45, 2.75) is 32.7 Å². The predicted octanol–water partition coefficient (Wildman–Crippen LogP) is 3.00. The SMILES string of the molecule is CC1CCc2c(sc(NC(=O)C(=O)NCc3ccccc3)c2C#N)C1. The zero-order valence-corrected chi connectivity index (χ0v) is 14.8. The Kier molecular flexibility index (Phi) is 5.15. The maximum absolute atomic E-state index is 12.2. The number of benzene rings is 1. The predicted molar refractivity (Wildman–Crippen MR) is 97.1 cm³/mol. The Bertz CT molecular complexity index is 836. The number of fused-ring (bicyclic) bond motifs is 1. The van der Waals surface area contributed by atoms with Crippen molar-refractivity contribution >= 4 is 28.2 Å². The average molecular weight is 353 g/mol. The van der Waals surface area contributed by atoms with E-state index in [9.17, 15) is 14.9 Å². The molecule has 0 spiro atoms. The van der Waals surface area contributed by atoms with Crippen LogP contribution < -0.4 is 10.6 Å². The summed E-state index contributed by atoms with van der Waals surface area (Å²) >= 11 is 1.42. The quantitative estimate of drug-likeness (QED) is 0.832. The van der Waals surface area contributed by atoms with Gasteiger partial charge in [0.05, 0.1) is 5.56 Å². The molecule has 1 aliphatic carbocycles. The summed E-state index contributed by atoms with van der Waals surface area (Å²) in [6, 6.07) is 11.6. The summed E-state index contributed by atoms with van der Waals surface area (Å²) < 4.78 is 0. The lowest BCUT2D eigenvalue weighted by molar-refractivity contribution is -0.136. The smallest absolute Gasteiger partial charge is 0.314 e. The number of nitrogens with one attached hydrogen (secondary N) is 2. The van der Waals surface area contributed by atoms with Gasteiger partial charge in [0, 0.05) is 11.4 Å². The Labute approximate surface area is 150 Å². The van der Waals surface area contributed by atoms with Gasteiger partial charge in [-0.15, -0.1) is 11.3 Å². The second-order valence-corrected chi connectivity index (χ2v) is 7.40. The molecule has 0 saturated heterocycles. The minimum absolute atomic E-state index is 0.288. The first kappa shape index (κ1) is 17.2. The van der Waals surface area contributed by atoms with Gasteiger partial charge >= 0.3 is 11.8 Å². The molecular weight excluding hydrogens is 334 g/mol. The van der Waals surface area contributed by atoms with Crippen molar-refractivity contribution in [3.05, 3.63) is 51.9 Å². The fraction of sp³-hybridized carbons (Fsp3) is 0.316. The number of nitrogens with zero attached hydrogens (tertiary/aromatic N) is 1. The third-order valence-corrected chi connectivity index (χ3v) is 5.52. The van der Waals surface area contributed by atoms with Crippen molar-refractivity contribution in [2.75, 3.05) is 5.32 Å². The van der Waals surface area contributed by atoms with Crippen LogP contribution in [-0.2, 0) is 29.0 Å². The lowest BCUT2D eigenvalue weighted by atomic mass is 9.89. The highest BCUT2D eigenvalue weighted by Crippen LogP contribution is 2.39. The molecule has 3 rings (SSSR count). The molecule has 0 bridgehead atoms. The lowest BCUT2D eigenvalue weighted by Gasteiger charge is -2.17. The largest absolute Gasteiger partial charge is 0.344 e. The standard InChI is InChI=1S/C19H19N3O2S/c1-12-7-8-14-15(10-20)19(25-16(14)9-12)22-18(24)17(23)21-11-13-5-3-2-4-6-13/h2-6,12H,7-9,11H2,1H3,(H,21,23)(H,22,24). The molecule has 1 heterocycles. The van der Waals surface area contributed by atoms with Gasteiger partial charge in [0.2, 0.25) is 0 Å². The third-order valence-electron chi connectivity index (χ3n) is 4.35. The van der Waals surface area contributed by atoms with Crippen LogP contribution in [0.1, 0.15) is 34.9 Å². The second-order valence-electron chi connectivity index (χ2n) is 6.29. The van der Waals surface area contributed by atoms with Gasteiger partial charge in [-0.2, -0.15) is 5.26 Å². The number of nitriles is 1. The minimum atomic E-state index is -0.737. The highest BCUT2D eigenvalue weighted by Gasteiger charge is 2.25. The Morgan fingerprint density at radius 3 is 2.76 bits per heavy atom. The molecule has 0 radical (unpaired) electrons. The number of rotatable bonds is 3. The summed E-state index contributed by atoms with van der Waals surface area (Å²) in [7, 11) is 0. The maximum atomic E-state index is 12.2. The highest BCUT2D eigenvalue weighted by molar-refractivity contribution is 7.16. The number of hydrogen-bond donors (Lipinski definition) is 2. The van der Waals surface area contributed by atoms with Gasteiger partial charge in [0.1, 0.15) is 11.1 Å². The monoisotopic (exact) mass is 353 g/mol. The van der Waals surface area contributed by atoms with Gasteiger partial charge in [-0.3, -0.25) is 9.59 Å². The minimum Gasteiger partial charge on any atom is -0.344 e. The molecule has 1 atom stereocenters. The summed E-state index contributed by atoms with van der Waals surface area (Å²) in [5.41, 5.74) is 2.46. The first-order valence-corrected chi connectivity index (χ1v) is 9.08. The topological polar surface area (TPSA) is 82.0 Å². The van der Waals surface area contributed by atoms with Crippen molar-refractivity contribution in [2.24, 2.45) is 5.92 Å². The number of carbonyl (C=O) groups is 2. The van der Waals surface area contributed by atoms with E-state index in [0.717, 1.165) is 35.3 Å². The maximum Gasteiger partial charge on any atom is 0.314 e. The van der Waals surface area contributed by atoms with E-state index in [0.29, 0.717) is 16.5 Å². The molecule has 25 heavy (non-hydrogen) atoms. The summed E-state index contributed by atoms with van der Waals surface area (Å²) in [4.78, 5) is 25.3. The van der Waals surface area contributed by atoms with Crippen LogP contribution in [0.5, 0.6) is 0 Å². The van der Waals surface area contributed by atoms with Crippen LogP contribution in [0.3, 0.4) is 0 Å². The normalized spacial score (nSPS) is 15.8. The molecule has 1 aliphatic rings. The van der Waals surface area contributed by atoms with E-state index >= 15 is 0 Å². The van der Waals surface area contributed by atoms with E-state index in [1.807, 2.05) is 30.3 Å². The van der Waals surface area contributed by atoms with Crippen LogP contribution >= 0.6 is 11.3 Å². The molecular formula is C19H19N3O2S. The molecule has 5 nitrogen and oxygen atoms in total. The van der Waals surface area contributed by atoms with Crippen molar-refractivity contribution < 1.29 is 9.59 Å². The van der Waals surface area contributed by atoms with Gasteiger partial charge in [0.15, 0.2) is 0 Å². The van der Waals surface area contributed by atoms with E-state index in [1.165, 1.54) is 11.3 Å². The van der Waals surface area contributed by atoms with Gasteiger partial charge in [-0.1, -0.05) is 37.3 Å². The number of anilines is 1. The van der Waals surface area contributed by atoms with E-state index in [1.54, 1.807) is 0 Å². The van der Waals surface area contributed by atoms with Gasteiger partial charge < -0.3 is 10.6 Å². The second kappa shape index (κ2) is 7.49. The van der Waals surface area contributed by atoms with E-state index in [4.69, 9.17) is 0 Å². The van der Waals surface area contributed by atoms with Crippen LogP contribution in [0, 0.1) is 17.2 Å².